The SMILES string of the molecule is CC(=O)C1CCC(NC(=O)CCOCCCNC(=O)CC(C)C)CC1. The topological polar surface area (TPSA) is 84.5 Å². The number of Topliss-reactive ketones (excluding diaryl/α,β-unsaturated/α-hetero) is 1. The second-order valence-corrected chi connectivity index (χ2v) is 7.39. The highest BCUT2D eigenvalue weighted by Gasteiger charge is 2.24. The Kier molecular flexibility index (Phi) is 10.4. The Hall–Kier alpha value is -1.43. The Balaban J connectivity index is 1.97. The molecule has 0 aromatic carbocycles. The van der Waals surface area contributed by atoms with Crippen LogP contribution >= 0.6 is 0 Å². The van der Waals surface area contributed by atoms with Gasteiger partial charge in [0.25, 0.3) is 0 Å². The summed E-state index contributed by atoms with van der Waals surface area (Å²) in [6.07, 6.45) is 5.17. The highest BCUT2D eigenvalue weighted by atomic mass is 16.5. The zero-order chi connectivity index (χ0) is 18.7. The molecule has 25 heavy (non-hydrogen) atoms. The fraction of sp³-hybridized carbons (Fsp3) is 0.842. The predicted octanol–water partition coefficient (Wildman–Crippen LogP) is 2.21. The van der Waals surface area contributed by atoms with Gasteiger partial charge < -0.3 is 15.4 Å². The van der Waals surface area contributed by atoms with Crippen molar-refractivity contribution in [3.63, 3.8) is 0 Å². The first-order chi connectivity index (χ1) is 11.9. The van der Waals surface area contributed by atoms with E-state index in [2.05, 4.69) is 10.6 Å². The van der Waals surface area contributed by atoms with E-state index >= 15 is 0 Å². The Morgan fingerprint density at radius 2 is 1.72 bits per heavy atom. The molecular formula is C19H34N2O4. The molecule has 6 nitrogen and oxygen atoms in total. The van der Waals surface area contributed by atoms with Crippen LogP contribution in [0.3, 0.4) is 0 Å². The van der Waals surface area contributed by atoms with Crippen molar-refractivity contribution in [1.29, 1.82) is 0 Å². The van der Waals surface area contributed by atoms with Crippen molar-refractivity contribution in [3.8, 4) is 0 Å². The molecule has 0 aromatic rings. The average Bonchev–Trinajstić information content (AvgIpc) is 2.53. The number of ether oxygens (including phenoxy) is 1. The van der Waals surface area contributed by atoms with Gasteiger partial charge in [-0.1, -0.05) is 13.8 Å². The smallest absolute Gasteiger partial charge is 0.222 e. The van der Waals surface area contributed by atoms with Gasteiger partial charge in [0, 0.05) is 38.0 Å². The van der Waals surface area contributed by atoms with E-state index in [1.165, 1.54) is 0 Å². The zero-order valence-corrected chi connectivity index (χ0v) is 15.9. The largest absolute Gasteiger partial charge is 0.381 e. The molecule has 1 saturated carbocycles. The molecule has 0 aromatic heterocycles. The van der Waals surface area contributed by atoms with Crippen LogP contribution in [-0.4, -0.2) is 43.4 Å². The van der Waals surface area contributed by atoms with Crippen LogP contribution in [0.5, 0.6) is 0 Å². The maximum absolute atomic E-state index is 11.9. The number of carbonyl (C=O) groups is 3. The monoisotopic (exact) mass is 354 g/mol. The van der Waals surface area contributed by atoms with Gasteiger partial charge in [-0.2, -0.15) is 0 Å². The minimum absolute atomic E-state index is 0.0107. The molecule has 0 aliphatic heterocycles. The molecule has 0 spiro atoms. The first-order valence-corrected chi connectivity index (χ1v) is 9.52. The highest BCUT2D eigenvalue weighted by Crippen LogP contribution is 2.24. The maximum atomic E-state index is 11.9. The van der Waals surface area contributed by atoms with Crippen LogP contribution in [0.15, 0.2) is 0 Å². The van der Waals surface area contributed by atoms with Gasteiger partial charge >= 0.3 is 0 Å². The van der Waals surface area contributed by atoms with E-state index in [-0.39, 0.29) is 29.6 Å². The summed E-state index contributed by atoms with van der Waals surface area (Å²) in [5.74, 6) is 0.897. The molecule has 0 unspecified atom stereocenters. The molecule has 1 fully saturated rings. The van der Waals surface area contributed by atoms with Gasteiger partial charge in [0.1, 0.15) is 5.78 Å². The number of hydrogen-bond donors (Lipinski definition) is 2. The molecule has 1 aliphatic carbocycles. The van der Waals surface area contributed by atoms with Gasteiger partial charge in [-0.15, -0.1) is 0 Å². The van der Waals surface area contributed by atoms with Crippen LogP contribution in [0, 0.1) is 11.8 Å². The second-order valence-electron chi connectivity index (χ2n) is 7.39. The molecule has 0 bridgehead atoms. The van der Waals surface area contributed by atoms with E-state index < -0.39 is 0 Å². The Morgan fingerprint density at radius 1 is 1.04 bits per heavy atom. The van der Waals surface area contributed by atoms with Crippen molar-refractivity contribution in [2.24, 2.45) is 11.8 Å². The first-order valence-electron chi connectivity index (χ1n) is 9.52. The molecule has 2 amide bonds. The Morgan fingerprint density at radius 3 is 2.32 bits per heavy atom. The standard InChI is InChI=1S/C19H34N2O4/c1-14(2)13-19(24)20-10-4-11-25-12-9-18(23)21-17-7-5-16(6-8-17)15(3)22/h14,16-17H,4-13H2,1-3H3,(H,20,24)(H,21,23). The van der Waals surface area contributed by atoms with Crippen molar-refractivity contribution >= 4 is 17.6 Å². The quantitative estimate of drug-likeness (QED) is 0.557. The van der Waals surface area contributed by atoms with Gasteiger partial charge in [-0.25, -0.2) is 0 Å². The molecule has 0 heterocycles. The lowest BCUT2D eigenvalue weighted by atomic mass is 9.84. The number of ketones is 1. The fourth-order valence-electron chi connectivity index (χ4n) is 3.06. The van der Waals surface area contributed by atoms with Crippen molar-refractivity contribution in [3.05, 3.63) is 0 Å². The molecule has 1 rings (SSSR count). The van der Waals surface area contributed by atoms with E-state index in [0.29, 0.717) is 38.5 Å². The van der Waals surface area contributed by atoms with E-state index in [4.69, 9.17) is 4.74 Å². The summed E-state index contributed by atoms with van der Waals surface area (Å²) >= 11 is 0. The molecule has 1 aliphatic rings. The van der Waals surface area contributed by atoms with Gasteiger partial charge in [0.15, 0.2) is 0 Å². The van der Waals surface area contributed by atoms with Gasteiger partial charge in [-0.05, 0) is 44.9 Å². The van der Waals surface area contributed by atoms with Crippen LogP contribution in [0.4, 0.5) is 0 Å². The number of hydrogen-bond acceptors (Lipinski definition) is 4. The summed E-state index contributed by atoms with van der Waals surface area (Å²) in [6.45, 7) is 7.23. The maximum Gasteiger partial charge on any atom is 0.222 e. The summed E-state index contributed by atoms with van der Waals surface area (Å²) in [5, 5.41) is 5.88. The average molecular weight is 354 g/mol. The summed E-state index contributed by atoms with van der Waals surface area (Å²) in [4.78, 5) is 34.7. The van der Waals surface area contributed by atoms with E-state index in [1.54, 1.807) is 6.92 Å². The van der Waals surface area contributed by atoms with Gasteiger partial charge in [0.05, 0.1) is 6.61 Å². The normalized spacial score (nSPS) is 20.3. The molecule has 6 heteroatoms. The lowest BCUT2D eigenvalue weighted by Crippen LogP contribution is -2.38. The number of nitrogens with one attached hydrogen (secondary N) is 2. The summed E-state index contributed by atoms with van der Waals surface area (Å²) in [6, 6.07) is 0.194. The van der Waals surface area contributed by atoms with Crippen LogP contribution < -0.4 is 10.6 Å². The highest BCUT2D eigenvalue weighted by molar-refractivity contribution is 5.78. The van der Waals surface area contributed by atoms with Crippen LogP contribution in [0.2, 0.25) is 0 Å². The molecule has 2 N–H and O–H groups in total. The lowest BCUT2D eigenvalue weighted by Gasteiger charge is -2.27. The second kappa shape index (κ2) is 12.0. The van der Waals surface area contributed by atoms with Crippen molar-refractivity contribution < 1.29 is 19.1 Å². The minimum Gasteiger partial charge on any atom is -0.381 e. The molecular weight excluding hydrogens is 320 g/mol. The Bertz CT molecular complexity index is 429. The van der Waals surface area contributed by atoms with Crippen LogP contribution in [0.1, 0.15) is 65.7 Å². The van der Waals surface area contributed by atoms with Gasteiger partial charge in [-0.3, -0.25) is 14.4 Å². The molecule has 0 radical (unpaired) electrons. The third-order valence-electron chi connectivity index (χ3n) is 4.52. The van der Waals surface area contributed by atoms with Crippen molar-refractivity contribution in [2.75, 3.05) is 19.8 Å². The molecule has 0 saturated heterocycles. The third kappa shape index (κ3) is 10.2. The third-order valence-corrected chi connectivity index (χ3v) is 4.52. The number of rotatable bonds is 11. The summed E-state index contributed by atoms with van der Waals surface area (Å²) in [5.41, 5.74) is 0. The first kappa shape index (κ1) is 21.6. The van der Waals surface area contributed by atoms with Crippen LogP contribution in [0.25, 0.3) is 0 Å². The van der Waals surface area contributed by atoms with E-state index in [9.17, 15) is 14.4 Å². The van der Waals surface area contributed by atoms with Crippen molar-refractivity contribution in [1.82, 2.24) is 10.6 Å². The van der Waals surface area contributed by atoms with E-state index in [0.717, 1.165) is 32.1 Å². The fourth-order valence-corrected chi connectivity index (χ4v) is 3.06. The van der Waals surface area contributed by atoms with E-state index in [1.807, 2.05) is 13.8 Å². The van der Waals surface area contributed by atoms with Crippen molar-refractivity contribution in [2.45, 2.75) is 71.8 Å². The predicted molar refractivity (Wildman–Crippen MR) is 97.1 cm³/mol. The number of carbonyl (C=O) groups excluding carboxylic acids is 3. The van der Waals surface area contributed by atoms with Crippen LogP contribution in [-0.2, 0) is 19.1 Å². The Labute approximate surface area is 151 Å². The molecule has 144 valence electrons. The summed E-state index contributed by atoms with van der Waals surface area (Å²) < 4.78 is 5.45. The lowest BCUT2D eigenvalue weighted by molar-refractivity contribution is -0.123. The minimum atomic E-state index is 0.0107. The summed E-state index contributed by atoms with van der Waals surface area (Å²) in [7, 11) is 0. The zero-order valence-electron chi connectivity index (χ0n) is 15.9. The van der Waals surface area contributed by atoms with Gasteiger partial charge in [0.2, 0.25) is 11.8 Å². The molecule has 0 atom stereocenters. The number of amides is 2.